The highest BCUT2D eigenvalue weighted by molar-refractivity contribution is 5.53. The predicted molar refractivity (Wildman–Crippen MR) is 93.4 cm³/mol. The molecule has 0 saturated carbocycles. The van der Waals surface area contributed by atoms with Crippen molar-refractivity contribution in [1.82, 2.24) is 29.5 Å². The molecule has 0 fully saturated rings. The molecule has 0 aromatic carbocycles. The molecule has 26 heavy (non-hydrogen) atoms. The molecule has 1 aliphatic heterocycles. The average Bonchev–Trinajstić information content (AvgIpc) is 3.33. The van der Waals surface area contributed by atoms with Crippen molar-refractivity contribution >= 4 is 11.3 Å². The quantitative estimate of drug-likeness (QED) is 0.597. The second-order valence-electron chi connectivity index (χ2n) is 6.12. The molecule has 0 unspecified atom stereocenters. The average molecular weight is 342 g/mol. The molecular weight excluding hydrogens is 328 g/mol. The number of aromatic nitrogens is 6. The third-order valence-electron chi connectivity index (χ3n) is 4.64. The summed E-state index contributed by atoms with van der Waals surface area (Å²) in [5.74, 6) is 0.708. The predicted octanol–water partition coefficient (Wildman–Crippen LogP) is 1.87. The minimum Gasteiger partial charge on any atom is -0.348 e. The molecule has 4 aromatic rings. The van der Waals surface area contributed by atoms with Crippen LogP contribution < -0.4 is 4.90 Å². The standard InChI is InChI=1S/C18H14N8/c19-8-12-9-21-16(10-20-12)25-6-4-14-17(23-11-22-14)18(25)15-7-13-3-1-2-5-26(13)24-15/h1-3,5,7,9-11,18H,4,6H2,(H,22,23)/t18-/m1/s1. The number of fused-ring (bicyclic) bond motifs is 2. The van der Waals surface area contributed by atoms with Gasteiger partial charge in [-0.3, -0.25) is 0 Å². The lowest BCUT2D eigenvalue weighted by Gasteiger charge is -2.34. The molecule has 8 heteroatoms. The summed E-state index contributed by atoms with van der Waals surface area (Å²) in [5.41, 5.74) is 4.29. The van der Waals surface area contributed by atoms with E-state index in [2.05, 4.69) is 30.9 Å². The number of nitriles is 1. The number of hydrogen-bond donors (Lipinski definition) is 1. The van der Waals surface area contributed by atoms with Crippen LogP contribution in [0.15, 0.2) is 49.2 Å². The van der Waals surface area contributed by atoms with Gasteiger partial charge in [-0.25, -0.2) is 19.5 Å². The van der Waals surface area contributed by atoms with Crippen LogP contribution in [0.4, 0.5) is 5.82 Å². The van der Waals surface area contributed by atoms with Gasteiger partial charge in [-0.1, -0.05) is 6.07 Å². The Bertz CT molecular complexity index is 1090. The maximum absolute atomic E-state index is 8.96. The number of hydrogen-bond acceptors (Lipinski definition) is 6. The van der Waals surface area contributed by atoms with Crippen molar-refractivity contribution < 1.29 is 0 Å². The molecule has 8 nitrogen and oxygen atoms in total. The summed E-state index contributed by atoms with van der Waals surface area (Å²) >= 11 is 0. The molecule has 126 valence electrons. The Hall–Kier alpha value is -3.73. The van der Waals surface area contributed by atoms with E-state index in [0.717, 1.165) is 35.6 Å². The van der Waals surface area contributed by atoms with Gasteiger partial charge < -0.3 is 9.88 Å². The van der Waals surface area contributed by atoms with Crippen LogP contribution >= 0.6 is 0 Å². The summed E-state index contributed by atoms with van der Waals surface area (Å²) in [7, 11) is 0. The van der Waals surface area contributed by atoms with Crippen molar-refractivity contribution in [3.8, 4) is 6.07 Å². The van der Waals surface area contributed by atoms with Crippen LogP contribution in [0.1, 0.15) is 28.8 Å². The van der Waals surface area contributed by atoms with E-state index in [0.29, 0.717) is 11.5 Å². The van der Waals surface area contributed by atoms with Gasteiger partial charge in [0.25, 0.3) is 0 Å². The number of nitrogens with one attached hydrogen (secondary N) is 1. The monoisotopic (exact) mass is 342 g/mol. The molecule has 1 atom stereocenters. The van der Waals surface area contributed by atoms with Crippen LogP contribution in [0, 0.1) is 11.3 Å². The Morgan fingerprint density at radius 2 is 2.15 bits per heavy atom. The second kappa shape index (κ2) is 5.67. The van der Waals surface area contributed by atoms with E-state index in [1.807, 2.05) is 35.0 Å². The SMILES string of the molecule is N#Cc1cnc(N2CCc3[nH]cnc3[C@H]2c2cc3ccccn3n2)cn1. The van der Waals surface area contributed by atoms with Crippen molar-refractivity contribution in [3.63, 3.8) is 0 Å². The van der Waals surface area contributed by atoms with Crippen LogP contribution in [0.5, 0.6) is 0 Å². The van der Waals surface area contributed by atoms with E-state index in [9.17, 15) is 0 Å². The fourth-order valence-electron chi connectivity index (χ4n) is 3.44. The van der Waals surface area contributed by atoms with Gasteiger partial charge >= 0.3 is 0 Å². The number of imidazole rings is 1. The molecule has 1 aliphatic rings. The van der Waals surface area contributed by atoms with Crippen molar-refractivity contribution in [2.24, 2.45) is 0 Å². The van der Waals surface area contributed by atoms with Gasteiger partial charge in [-0.15, -0.1) is 0 Å². The first kappa shape index (κ1) is 14.6. The molecule has 1 N–H and O–H groups in total. The minimum absolute atomic E-state index is 0.160. The topological polar surface area (TPSA) is 98.8 Å². The van der Waals surface area contributed by atoms with E-state index < -0.39 is 0 Å². The lowest BCUT2D eigenvalue weighted by Crippen LogP contribution is -2.37. The minimum atomic E-state index is -0.160. The van der Waals surface area contributed by atoms with Gasteiger partial charge in [0.05, 0.1) is 35.6 Å². The van der Waals surface area contributed by atoms with Crippen LogP contribution in [-0.4, -0.2) is 36.1 Å². The van der Waals surface area contributed by atoms with E-state index >= 15 is 0 Å². The maximum atomic E-state index is 8.96. The number of aromatic amines is 1. The highest BCUT2D eigenvalue weighted by Crippen LogP contribution is 2.35. The molecule has 0 amide bonds. The Morgan fingerprint density at radius 1 is 1.19 bits per heavy atom. The largest absolute Gasteiger partial charge is 0.348 e. The zero-order valence-corrected chi connectivity index (χ0v) is 13.7. The summed E-state index contributed by atoms with van der Waals surface area (Å²) in [5, 5.41) is 13.7. The first-order chi connectivity index (χ1) is 12.8. The third-order valence-corrected chi connectivity index (χ3v) is 4.64. The van der Waals surface area contributed by atoms with Gasteiger partial charge in [0.1, 0.15) is 17.9 Å². The molecule has 0 aliphatic carbocycles. The fourth-order valence-corrected chi connectivity index (χ4v) is 3.44. The van der Waals surface area contributed by atoms with Crippen molar-refractivity contribution in [1.29, 1.82) is 5.26 Å². The van der Waals surface area contributed by atoms with Gasteiger partial charge in [0.15, 0.2) is 5.69 Å². The Morgan fingerprint density at radius 3 is 2.96 bits per heavy atom. The summed E-state index contributed by atoms with van der Waals surface area (Å²) in [6, 6.07) is 9.88. The van der Waals surface area contributed by atoms with E-state index in [-0.39, 0.29) is 6.04 Å². The van der Waals surface area contributed by atoms with Crippen LogP contribution in [0.25, 0.3) is 5.52 Å². The van der Waals surface area contributed by atoms with E-state index in [1.165, 1.54) is 6.20 Å². The lowest BCUT2D eigenvalue weighted by molar-refractivity contribution is 0.609. The van der Waals surface area contributed by atoms with E-state index in [4.69, 9.17) is 10.4 Å². The Kier molecular flexibility index (Phi) is 3.18. The fraction of sp³-hybridized carbons (Fsp3) is 0.167. The first-order valence-corrected chi connectivity index (χ1v) is 8.29. The van der Waals surface area contributed by atoms with Gasteiger partial charge in [0, 0.05) is 24.9 Å². The van der Waals surface area contributed by atoms with Crippen molar-refractivity contribution in [2.45, 2.75) is 12.5 Å². The van der Waals surface area contributed by atoms with Crippen LogP contribution in [-0.2, 0) is 6.42 Å². The zero-order chi connectivity index (χ0) is 17.5. The summed E-state index contributed by atoms with van der Waals surface area (Å²) < 4.78 is 1.86. The number of H-pyrrole nitrogens is 1. The van der Waals surface area contributed by atoms with Gasteiger partial charge in [-0.05, 0) is 18.2 Å². The Balaban J connectivity index is 1.65. The number of pyridine rings is 1. The molecule has 0 saturated heterocycles. The summed E-state index contributed by atoms with van der Waals surface area (Å²) in [4.78, 5) is 18.5. The molecule has 4 aromatic heterocycles. The van der Waals surface area contributed by atoms with Crippen molar-refractivity contribution in [2.75, 3.05) is 11.4 Å². The molecule has 0 radical (unpaired) electrons. The van der Waals surface area contributed by atoms with Gasteiger partial charge in [-0.2, -0.15) is 10.4 Å². The first-order valence-electron chi connectivity index (χ1n) is 8.29. The van der Waals surface area contributed by atoms with Gasteiger partial charge in [0.2, 0.25) is 0 Å². The molecule has 5 rings (SSSR count). The number of nitrogens with zero attached hydrogens (tertiary/aromatic N) is 7. The number of anilines is 1. The third kappa shape index (κ3) is 2.22. The molecule has 0 bridgehead atoms. The van der Waals surface area contributed by atoms with Crippen LogP contribution in [0.3, 0.4) is 0 Å². The smallest absolute Gasteiger partial charge is 0.158 e. The summed E-state index contributed by atoms with van der Waals surface area (Å²) in [6.45, 7) is 0.758. The highest BCUT2D eigenvalue weighted by atomic mass is 15.3. The van der Waals surface area contributed by atoms with Crippen molar-refractivity contribution in [3.05, 3.63) is 72.0 Å². The molecular formula is C18H14N8. The normalized spacial score (nSPS) is 16.4. The van der Waals surface area contributed by atoms with Crippen LogP contribution in [0.2, 0.25) is 0 Å². The lowest BCUT2D eigenvalue weighted by atomic mass is 10.00. The zero-order valence-electron chi connectivity index (χ0n) is 13.7. The van der Waals surface area contributed by atoms with E-state index in [1.54, 1.807) is 12.5 Å². The maximum Gasteiger partial charge on any atom is 0.158 e. The number of rotatable bonds is 2. The molecule has 0 spiro atoms. The highest BCUT2D eigenvalue weighted by Gasteiger charge is 2.33. The second-order valence-corrected chi connectivity index (χ2v) is 6.12. The molecule has 5 heterocycles. The summed E-state index contributed by atoms with van der Waals surface area (Å²) in [6.07, 6.45) is 7.62. The Labute approximate surface area is 148 Å².